The molecule has 13 heavy (non-hydrogen) atoms. The van der Waals surface area contributed by atoms with Gasteiger partial charge in [-0.25, -0.2) is 0 Å². The second kappa shape index (κ2) is 2.98. The summed E-state index contributed by atoms with van der Waals surface area (Å²) in [7, 11) is 0. The predicted molar refractivity (Wildman–Crippen MR) is 49.2 cm³/mol. The van der Waals surface area contributed by atoms with Gasteiger partial charge in [0.1, 0.15) is 6.10 Å². The summed E-state index contributed by atoms with van der Waals surface area (Å²) >= 11 is 0. The molecule has 0 spiro atoms. The summed E-state index contributed by atoms with van der Waals surface area (Å²) in [6, 6.07) is 0. The van der Waals surface area contributed by atoms with E-state index >= 15 is 0 Å². The van der Waals surface area contributed by atoms with Gasteiger partial charge in [-0.1, -0.05) is 0 Å². The largest absolute Gasteiger partial charge is 0.462 e. The van der Waals surface area contributed by atoms with E-state index in [0.29, 0.717) is 12.8 Å². The standard InChI is InChI=1S/C10H18O3/c1-9(2,3)8(11)13-7-5-10(4,12)6-7/h7,12H,5-6H2,1-4H3. The van der Waals surface area contributed by atoms with E-state index in [1.54, 1.807) is 6.92 Å². The summed E-state index contributed by atoms with van der Waals surface area (Å²) in [6.45, 7) is 7.23. The van der Waals surface area contributed by atoms with E-state index in [1.807, 2.05) is 20.8 Å². The van der Waals surface area contributed by atoms with E-state index in [-0.39, 0.29) is 12.1 Å². The molecule has 3 nitrogen and oxygen atoms in total. The van der Waals surface area contributed by atoms with Crippen LogP contribution in [0, 0.1) is 5.41 Å². The zero-order valence-electron chi connectivity index (χ0n) is 8.76. The number of hydrogen-bond acceptors (Lipinski definition) is 3. The van der Waals surface area contributed by atoms with Crippen LogP contribution in [0.3, 0.4) is 0 Å². The molecule has 1 saturated carbocycles. The Hall–Kier alpha value is -0.570. The number of carbonyl (C=O) groups is 1. The fourth-order valence-corrected chi connectivity index (χ4v) is 1.33. The highest BCUT2D eigenvalue weighted by molar-refractivity contribution is 5.75. The number of carbonyl (C=O) groups excluding carboxylic acids is 1. The Kier molecular flexibility index (Phi) is 2.41. The first-order chi connectivity index (χ1) is 5.71. The summed E-state index contributed by atoms with van der Waals surface area (Å²) in [5.41, 5.74) is -1.07. The van der Waals surface area contributed by atoms with Crippen molar-refractivity contribution in [2.75, 3.05) is 0 Å². The van der Waals surface area contributed by atoms with Crippen molar-refractivity contribution in [3.63, 3.8) is 0 Å². The van der Waals surface area contributed by atoms with Crippen molar-refractivity contribution in [1.82, 2.24) is 0 Å². The van der Waals surface area contributed by atoms with Crippen molar-refractivity contribution in [2.24, 2.45) is 5.41 Å². The highest BCUT2D eigenvalue weighted by Crippen LogP contribution is 2.35. The molecule has 1 rings (SSSR count). The van der Waals surface area contributed by atoms with Gasteiger partial charge in [-0.2, -0.15) is 0 Å². The number of rotatable bonds is 1. The Balaban J connectivity index is 2.33. The third-order valence-corrected chi connectivity index (χ3v) is 2.22. The van der Waals surface area contributed by atoms with Crippen LogP contribution in [0.25, 0.3) is 0 Å². The molecule has 0 heterocycles. The van der Waals surface area contributed by atoms with Crippen molar-refractivity contribution in [2.45, 2.75) is 52.2 Å². The van der Waals surface area contributed by atoms with Gasteiger partial charge < -0.3 is 9.84 Å². The van der Waals surface area contributed by atoms with Crippen molar-refractivity contribution < 1.29 is 14.6 Å². The van der Waals surface area contributed by atoms with Gasteiger partial charge in [0.15, 0.2) is 0 Å². The molecule has 0 amide bonds. The van der Waals surface area contributed by atoms with Gasteiger partial charge in [-0.15, -0.1) is 0 Å². The van der Waals surface area contributed by atoms with Gasteiger partial charge in [0, 0.05) is 12.8 Å². The third kappa shape index (κ3) is 2.69. The van der Waals surface area contributed by atoms with Gasteiger partial charge in [0.25, 0.3) is 0 Å². The predicted octanol–water partition coefficient (Wildman–Crippen LogP) is 1.49. The zero-order valence-corrected chi connectivity index (χ0v) is 8.76. The third-order valence-electron chi connectivity index (χ3n) is 2.22. The molecule has 3 heteroatoms. The Morgan fingerprint density at radius 2 is 1.92 bits per heavy atom. The quantitative estimate of drug-likeness (QED) is 0.631. The number of aliphatic hydroxyl groups is 1. The van der Waals surface area contributed by atoms with Gasteiger partial charge >= 0.3 is 5.97 Å². The van der Waals surface area contributed by atoms with Crippen molar-refractivity contribution >= 4 is 5.97 Å². The Morgan fingerprint density at radius 1 is 1.46 bits per heavy atom. The molecule has 0 saturated heterocycles. The molecule has 0 aromatic heterocycles. The van der Waals surface area contributed by atoms with Crippen LogP contribution in [0.2, 0.25) is 0 Å². The smallest absolute Gasteiger partial charge is 0.311 e. The maximum atomic E-state index is 11.4. The summed E-state index contributed by atoms with van der Waals surface area (Å²) in [5.74, 6) is -0.187. The maximum Gasteiger partial charge on any atom is 0.311 e. The van der Waals surface area contributed by atoms with Crippen LogP contribution in [-0.4, -0.2) is 22.8 Å². The Morgan fingerprint density at radius 3 is 2.23 bits per heavy atom. The first-order valence-electron chi connectivity index (χ1n) is 4.64. The molecule has 0 aromatic rings. The highest BCUT2D eigenvalue weighted by Gasteiger charge is 2.42. The molecule has 0 radical (unpaired) electrons. The zero-order chi connectivity index (χ0) is 10.3. The van der Waals surface area contributed by atoms with Crippen molar-refractivity contribution in [1.29, 1.82) is 0 Å². The molecule has 0 unspecified atom stereocenters. The molecule has 76 valence electrons. The van der Waals surface area contributed by atoms with Crippen LogP contribution >= 0.6 is 0 Å². The average Bonchev–Trinajstić information content (AvgIpc) is 1.80. The van der Waals surface area contributed by atoms with Gasteiger partial charge in [-0.3, -0.25) is 4.79 Å². The minimum absolute atomic E-state index is 0.0817. The lowest BCUT2D eigenvalue weighted by molar-refractivity contribution is -0.178. The van der Waals surface area contributed by atoms with Crippen molar-refractivity contribution in [3.8, 4) is 0 Å². The second-order valence-corrected chi connectivity index (χ2v) is 5.18. The summed E-state index contributed by atoms with van der Waals surface area (Å²) in [4.78, 5) is 11.4. The topological polar surface area (TPSA) is 46.5 Å². The Labute approximate surface area is 79.1 Å². The molecule has 1 N–H and O–H groups in total. The van der Waals surface area contributed by atoms with E-state index in [9.17, 15) is 9.90 Å². The molecule has 1 aliphatic rings. The SMILES string of the molecule is CC1(O)CC(OC(=O)C(C)(C)C)C1. The van der Waals surface area contributed by atoms with Crippen LogP contribution in [0.5, 0.6) is 0 Å². The molecule has 0 bridgehead atoms. The summed E-state index contributed by atoms with van der Waals surface area (Å²) in [5, 5.41) is 9.41. The molecule has 0 aliphatic heterocycles. The van der Waals surface area contributed by atoms with Gasteiger partial charge in [0.2, 0.25) is 0 Å². The lowest BCUT2D eigenvalue weighted by Gasteiger charge is -2.40. The monoisotopic (exact) mass is 186 g/mol. The van der Waals surface area contributed by atoms with Gasteiger partial charge in [0.05, 0.1) is 11.0 Å². The average molecular weight is 186 g/mol. The lowest BCUT2D eigenvalue weighted by atomic mass is 9.79. The van der Waals surface area contributed by atoms with Gasteiger partial charge in [-0.05, 0) is 27.7 Å². The van der Waals surface area contributed by atoms with Crippen LogP contribution in [0.1, 0.15) is 40.5 Å². The van der Waals surface area contributed by atoms with Crippen LogP contribution in [0.4, 0.5) is 0 Å². The van der Waals surface area contributed by atoms with E-state index in [0.717, 1.165) is 0 Å². The van der Waals surface area contributed by atoms with E-state index < -0.39 is 11.0 Å². The summed E-state index contributed by atoms with van der Waals surface area (Å²) in [6.07, 6.45) is 1.05. The van der Waals surface area contributed by atoms with Crippen LogP contribution < -0.4 is 0 Å². The number of ether oxygens (including phenoxy) is 1. The van der Waals surface area contributed by atoms with Crippen LogP contribution in [-0.2, 0) is 9.53 Å². The fourth-order valence-electron chi connectivity index (χ4n) is 1.33. The minimum Gasteiger partial charge on any atom is -0.462 e. The molecule has 0 aromatic carbocycles. The fraction of sp³-hybridized carbons (Fsp3) is 0.900. The highest BCUT2D eigenvalue weighted by atomic mass is 16.5. The van der Waals surface area contributed by atoms with Crippen LogP contribution in [0.15, 0.2) is 0 Å². The summed E-state index contributed by atoms with van der Waals surface area (Å²) < 4.78 is 5.19. The molecular weight excluding hydrogens is 168 g/mol. The molecule has 1 aliphatic carbocycles. The maximum absolute atomic E-state index is 11.4. The first-order valence-corrected chi connectivity index (χ1v) is 4.64. The molecule has 0 atom stereocenters. The minimum atomic E-state index is -0.622. The number of hydrogen-bond donors (Lipinski definition) is 1. The lowest BCUT2D eigenvalue weighted by Crippen LogP contribution is -2.47. The normalized spacial score (nSPS) is 33.8. The van der Waals surface area contributed by atoms with E-state index in [2.05, 4.69) is 0 Å². The van der Waals surface area contributed by atoms with Crippen molar-refractivity contribution in [3.05, 3.63) is 0 Å². The van der Waals surface area contributed by atoms with E-state index in [4.69, 9.17) is 4.74 Å². The van der Waals surface area contributed by atoms with E-state index in [1.165, 1.54) is 0 Å². The first kappa shape index (κ1) is 10.5. The second-order valence-electron chi connectivity index (χ2n) is 5.18. The molecular formula is C10H18O3. The Bertz CT molecular complexity index is 205. The number of esters is 1. The molecule has 1 fully saturated rings.